The minimum atomic E-state index is -1.19. The molecule has 0 bridgehead atoms. The Morgan fingerprint density at radius 3 is 1.47 bits per heavy atom. The normalized spacial score (nSPS) is 12.6. The van der Waals surface area contributed by atoms with E-state index in [4.69, 9.17) is 38.2 Å². The van der Waals surface area contributed by atoms with Crippen LogP contribution in [-0.2, 0) is 78.2 Å². The number of Topliss-reactive ketones (excluding diaryl/α,β-unsaturated/α-hetero) is 2. The van der Waals surface area contributed by atoms with Gasteiger partial charge in [0.25, 0.3) is 5.78 Å². The van der Waals surface area contributed by atoms with Crippen LogP contribution in [0.1, 0.15) is 243 Å². The second-order valence-electron chi connectivity index (χ2n) is 27.5. The number of rotatable bonds is 36. The van der Waals surface area contributed by atoms with Gasteiger partial charge in [-0.05, 0) is 153 Å². The molecule has 87 heavy (non-hydrogen) atoms. The zero-order valence-corrected chi connectivity index (χ0v) is 55.6. The number of aryl methyl sites for hydroxylation is 2. The highest BCUT2D eigenvalue weighted by Crippen LogP contribution is 2.36. The molecule has 5 amide bonds. The van der Waals surface area contributed by atoms with E-state index in [1.807, 2.05) is 6.92 Å². The van der Waals surface area contributed by atoms with Crippen LogP contribution in [0.3, 0.4) is 0 Å². The van der Waals surface area contributed by atoms with Crippen LogP contribution in [-0.4, -0.2) is 109 Å². The summed E-state index contributed by atoms with van der Waals surface area (Å²) >= 11 is 0. The van der Waals surface area contributed by atoms with Gasteiger partial charge in [-0.25, -0.2) is 9.59 Å². The van der Waals surface area contributed by atoms with E-state index < -0.39 is 46.9 Å². The van der Waals surface area contributed by atoms with Crippen molar-refractivity contribution in [3.63, 3.8) is 0 Å². The molecule has 0 unspecified atom stereocenters. The van der Waals surface area contributed by atoms with Crippen molar-refractivity contribution in [1.82, 2.24) is 26.6 Å². The number of carbonyl (C=O) groups excluding carboxylic acids is 14. The lowest BCUT2D eigenvalue weighted by molar-refractivity contribution is -0.193. The third kappa shape index (κ3) is 50.1. The lowest BCUT2D eigenvalue weighted by atomic mass is 9.73. The molecule has 0 aliphatic heterocycles. The molecule has 1 rings (SSSR count). The molecule has 0 aliphatic carbocycles. The Morgan fingerprint density at radius 2 is 0.966 bits per heavy atom. The Balaban J connectivity index is -0.00000734. The molecule has 21 nitrogen and oxygen atoms in total. The number of amides is 5. The standard InChI is InChI=1S/C63H109N5O10.3CO2/c1-45-32-34-46(35-33-45)27-26-31-52(70)64-41-25-22-30-50(55(73)57(75)77-62(11,12)13)67-56(74)47(28-21-24-42-66-58(76)78-63(14,15)16)43-49(69)29-20-18-17-19-23-40-65-53(71)37-36-51(61(8,9)10)68-54(72)44-48(60(5,6)7)38-39-59(2,3)4;3*2-1-3/h32-35,47-48,50-51H,17-31,36-44H2,1-16H3,(H,64,70)(H,65,71)(H,66,76)(H,67,74)(H,68,72);;;/t47-,48-,50+,51+;;;/m1.../s1. The van der Waals surface area contributed by atoms with Crippen LogP contribution in [0.2, 0.25) is 0 Å². The van der Waals surface area contributed by atoms with Crippen molar-refractivity contribution in [2.75, 3.05) is 19.6 Å². The van der Waals surface area contributed by atoms with Gasteiger partial charge >= 0.3 is 30.5 Å². The van der Waals surface area contributed by atoms with E-state index in [9.17, 15) is 38.4 Å². The van der Waals surface area contributed by atoms with E-state index in [0.29, 0.717) is 90.3 Å². The van der Waals surface area contributed by atoms with Gasteiger partial charge in [-0.3, -0.25) is 28.8 Å². The summed E-state index contributed by atoms with van der Waals surface area (Å²) < 4.78 is 10.7. The highest BCUT2D eigenvalue weighted by Gasteiger charge is 2.34. The van der Waals surface area contributed by atoms with Gasteiger partial charge in [0.2, 0.25) is 23.6 Å². The first-order chi connectivity index (χ1) is 40.3. The Morgan fingerprint density at radius 1 is 0.483 bits per heavy atom. The zero-order chi connectivity index (χ0) is 67.5. The zero-order valence-electron chi connectivity index (χ0n) is 55.6. The lowest BCUT2D eigenvalue weighted by Gasteiger charge is -2.35. The first-order valence-electron chi connectivity index (χ1n) is 30.7. The molecule has 0 fully saturated rings. The minimum absolute atomic E-state index is 0.00400. The quantitative estimate of drug-likeness (QED) is 0.0237. The number of hydrogen-bond acceptors (Lipinski definition) is 16. The van der Waals surface area contributed by atoms with Gasteiger partial charge in [-0.2, -0.15) is 28.8 Å². The number of hydrogen-bond donors (Lipinski definition) is 5. The van der Waals surface area contributed by atoms with E-state index in [-0.39, 0.29) is 89.4 Å². The molecular formula is C66H109N5O16. The molecule has 0 aromatic heterocycles. The smallest absolute Gasteiger partial charge is 0.407 e. The average Bonchev–Trinajstić information content (AvgIpc) is 3.57. The maximum Gasteiger partial charge on any atom is 0.407 e. The van der Waals surface area contributed by atoms with Gasteiger partial charge < -0.3 is 36.1 Å². The summed E-state index contributed by atoms with van der Waals surface area (Å²) in [5.74, 6) is -3.13. The van der Waals surface area contributed by atoms with Gasteiger partial charge in [0.15, 0.2) is 0 Å². The van der Waals surface area contributed by atoms with Crippen LogP contribution in [0.4, 0.5) is 4.79 Å². The van der Waals surface area contributed by atoms with E-state index in [1.54, 1.807) is 41.5 Å². The largest absolute Gasteiger partial charge is 0.454 e. The molecule has 0 radical (unpaired) electrons. The Bertz CT molecular complexity index is 2270. The topological polar surface area (TPSA) is 318 Å². The van der Waals surface area contributed by atoms with Crippen molar-refractivity contribution in [3.05, 3.63) is 35.4 Å². The molecule has 0 spiro atoms. The SMILES string of the molecule is Cc1ccc(CCCC(=O)NCCCC[C@H](NC(=O)[C@H](CCCCNC(=O)OC(C)(C)C)CC(=O)CCCCCCCNC(=O)CC[C@H](NC(=O)C[C@@H](CCC(C)(C)C)C(C)(C)C)C(C)(C)C)C(=O)C(=O)OC(C)(C)C)cc1.O=C=O.O=C=O.O=C=O. The third-order valence-corrected chi connectivity index (χ3v) is 13.9. The number of unbranched alkanes of at least 4 members (excludes halogenated alkanes) is 6. The van der Waals surface area contributed by atoms with Crippen LogP contribution in [0.15, 0.2) is 24.3 Å². The molecule has 4 atom stereocenters. The molecular weight excluding hydrogens is 1120 g/mol. The van der Waals surface area contributed by atoms with E-state index in [1.165, 1.54) is 11.1 Å². The summed E-state index contributed by atoms with van der Waals surface area (Å²) in [7, 11) is 0. The predicted molar refractivity (Wildman–Crippen MR) is 328 cm³/mol. The Hall–Kier alpha value is -6.68. The number of alkyl carbamates (subject to hydrolysis) is 1. The number of ether oxygens (including phenoxy) is 2. The van der Waals surface area contributed by atoms with Crippen LogP contribution < -0.4 is 26.6 Å². The third-order valence-electron chi connectivity index (χ3n) is 13.9. The molecule has 0 heterocycles. The average molecular weight is 1230 g/mol. The van der Waals surface area contributed by atoms with Crippen LogP contribution in [0.5, 0.6) is 0 Å². The molecule has 1 aromatic carbocycles. The molecule has 494 valence electrons. The molecule has 0 aliphatic rings. The fourth-order valence-corrected chi connectivity index (χ4v) is 8.97. The molecule has 0 saturated carbocycles. The van der Waals surface area contributed by atoms with Crippen LogP contribution in [0.25, 0.3) is 0 Å². The maximum atomic E-state index is 14.1. The van der Waals surface area contributed by atoms with Crippen LogP contribution in [0, 0.1) is 35.0 Å². The second kappa shape index (κ2) is 45.6. The van der Waals surface area contributed by atoms with Crippen molar-refractivity contribution in [2.24, 2.45) is 28.1 Å². The van der Waals surface area contributed by atoms with Crippen molar-refractivity contribution in [2.45, 2.75) is 269 Å². The number of nitrogens with one attached hydrogen (secondary N) is 5. The van der Waals surface area contributed by atoms with Crippen molar-refractivity contribution < 1.29 is 76.6 Å². The number of esters is 1. The highest BCUT2D eigenvalue weighted by atomic mass is 16.6. The molecule has 5 N–H and O–H groups in total. The number of carbonyl (C=O) groups is 8. The van der Waals surface area contributed by atoms with E-state index >= 15 is 0 Å². The molecule has 1 aromatic rings. The monoisotopic (exact) mass is 1230 g/mol. The summed E-state index contributed by atoms with van der Waals surface area (Å²) in [5, 5.41) is 14.8. The van der Waals surface area contributed by atoms with E-state index in [0.717, 1.165) is 44.9 Å². The summed E-state index contributed by atoms with van der Waals surface area (Å²) in [4.78, 5) is 154. The molecule has 0 saturated heterocycles. The van der Waals surface area contributed by atoms with Crippen molar-refractivity contribution in [3.8, 4) is 0 Å². The van der Waals surface area contributed by atoms with Gasteiger partial charge in [-0.15, -0.1) is 0 Å². The summed E-state index contributed by atoms with van der Waals surface area (Å²) in [6.45, 7) is 33.1. The summed E-state index contributed by atoms with van der Waals surface area (Å²) in [6, 6.07) is 6.91. The fraction of sp³-hybridized carbons (Fsp3) is 0.742. The molecule has 21 heteroatoms. The van der Waals surface area contributed by atoms with Crippen molar-refractivity contribution in [1.29, 1.82) is 0 Å². The Labute approximate surface area is 519 Å². The second-order valence-corrected chi connectivity index (χ2v) is 27.5. The van der Waals surface area contributed by atoms with Gasteiger partial charge in [0.05, 0.1) is 6.04 Å². The fourth-order valence-electron chi connectivity index (χ4n) is 8.97. The highest BCUT2D eigenvalue weighted by molar-refractivity contribution is 6.36. The van der Waals surface area contributed by atoms with Gasteiger partial charge in [0, 0.05) is 63.7 Å². The van der Waals surface area contributed by atoms with Crippen molar-refractivity contribution >= 4 is 65.7 Å². The Kier molecular flexibility index (Phi) is 44.3. The summed E-state index contributed by atoms with van der Waals surface area (Å²) in [5.41, 5.74) is 0.751. The lowest BCUT2D eigenvalue weighted by Crippen LogP contribution is -2.48. The van der Waals surface area contributed by atoms with Gasteiger partial charge in [0.1, 0.15) is 17.0 Å². The summed E-state index contributed by atoms with van der Waals surface area (Å²) in [6.07, 6.45) is 12.0. The predicted octanol–water partition coefficient (Wildman–Crippen LogP) is 10.2. The first kappa shape index (κ1) is 84.5. The number of benzene rings is 1. The van der Waals surface area contributed by atoms with E-state index in [2.05, 4.69) is 113 Å². The van der Waals surface area contributed by atoms with Gasteiger partial charge in [-0.1, -0.05) is 118 Å². The minimum Gasteiger partial charge on any atom is -0.454 e. The number of ketones is 2. The first-order valence-corrected chi connectivity index (χ1v) is 30.7. The van der Waals surface area contributed by atoms with Crippen LogP contribution >= 0.6 is 0 Å². The maximum absolute atomic E-state index is 14.1.